The molecule has 0 bridgehead atoms. The van der Waals surface area contributed by atoms with Crippen molar-refractivity contribution < 1.29 is 9.53 Å². The predicted octanol–water partition coefficient (Wildman–Crippen LogP) is 1.64. The topological polar surface area (TPSA) is 55.0 Å². The molecule has 1 aliphatic carbocycles. The second-order valence-electron chi connectivity index (χ2n) is 4.64. The fourth-order valence-corrected chi connectivity index (χ4v) is 1.37. The molecule has 0 saturated heterocycles. The lowest BCUT2D eigenvalue weighted by molar-refractivity contribution is -0.150. The van der Waals surface area contributed by atoms with Gasteiger partial charge in [-0.3, -0.25) is 9.89 Å². The third-order valence-electron chi connectivity index (χ3n) is 2.83. The Morgan fingerprint density at radius 2 is 2.40 bits per heavy atom. The maximum Gasteiger partial charge on any atom is 0.317 e. The number of hydrogen-bond acceptors (Lipinski definition) is 3. The summed E-state index contributed by atoms with van der Waals surface area (Å²) in [5.41, 5.74) is 0.161. The summed E-state index contributed by atoms with van der Waals surface area (Å²) >= 11 is 0. The number of aromatic amines is 1. The Hall–Kier alpha value is -1.32. The van der Waals surface area contributed by atoms with Crippen LogP contribution in [-0.4, -0.2) is 22.8 Å². The number of nitrogens with one attached hydrogen (secondary N) is 1. The molecule has 0 aromatic carbocycles. The summed E-state index contributed by atoms with van der Waals surface area (Å²) in [4.78, 5) is 11.8. The van der Waals surface area contributed by atoms with E-state index in [9.17, 15) is 4.79 Å². The Balaban J connectivity index is 1.97. The molecule has 1 heterocycles. The van der Waals surface area contributed by atoms with Gasteiger partial charge in [-0.15, -0.1) is 0 Å². The fraction of sp³-hybridized carbons (Fsp3) is 0.636. The van der Waals surface area contributed by atoms with Gasteiger partial charge >= 0.3 is 5.97 Å². The molecule has 4 nitrogen and oxygen atoms in total. The lowest BCUT2D eigenvalue weighted by Crippen LogP contribution is -2.32. The van der Waals surface area contributed by atoms with Crippen molar-refractivity contribution in [3.05, 3.63) is 18.0 Å². The third kappa shape index (κ3) is 2.19. The van der Waals surface area contributed by atoms with Gasteiger partial charge in [0.05, 0.1) is 12.3 Å². The van der Waals surface area contributed by atoms with E-state index in [2.05, 4.69) is 10.2 Å². The van der Waals surface area contributed by atoms with E-state index in [0.717, 1.165) is 5.69 Å². The number of H-pyrrole nitrogens is 1. The van der Waals surface area contributed by atoms with Crippen LogP contribution in [0.1, 0.15) is 32.4 Å². The fourth-order valence-electron chi connectivity index (χ4n) is 1.37. The molecular formula is C11H16N2O2. The van der Waals surface area contributed by atoms with Gasteiger partial charge in [0, 0.05) is 6.20 Å². The van der Waals surface area contributed by atoms with E-state index < -0.39 is 5.41 Å². The molecule has 0 atom stereocenters. The second-order valence-corrected chi connectivity index (χ2v) is 4.64. The number of nitrogens with zero attached hydrogens (tertiary/aromatic N) is 1. The van der Waals surface area contributed by atoms with Crippen molar-refractivity contribution in [3.63, 3.8) is 0 Å². The van der Waals surface area contributed by atoms with E-state index in [1.165, 1.54) is 12.8 Å². The van der Waals surface area contributed by atoms with Gasteiger partial charge < -0.3 is 4.74 Å². The largest absolute Gasteiger partial charge is 0.465 e. The minimum absolute atomic E-state index is 0.182. The maximum atomic E-state index is 11.8. The first-order valence-corrected chi connectivity index (χ1v) is 5.28. The van der Waals surface area contributed by atoms with Crippen molar-refractivity contribution in [2.24, 2.45) is 5.92 Å². The van der Waals surface area contributed by atoms with Gasteiger partial charge in [0.2, 0.25) is 0 Å². The minimum Gasteiger partial charge on any atom is -0.465 e. The van der Waals surface area contributed by atoms with E-state index in [-0.39, 0.29) is 5.97 Å². The zero-order valence-corrected chi connectivity index (χ0v) is 9.12. The molecule has 4 heteroatoms. The molecule has 1 saturated carbocycles. The number of rotatable bonds is 4. The van der Waals surface area contributed by atoms with Crippen LogP contribution in [-0.2, 0) is 14.9 Å². The first kappa shape index (κ1) is 10.2. The summed E-state index contributed by atoms with van der Waals surface area (Å²) in [6.07, 6.45) is 4.03. The van der Waals surface area contributed by atoms with Crippen LogP contribution in [0.4, 0.5) is 0 Å². The Morgan fingerprint density at radius 1 is 1.67 bits per heavy atom. The lowest BCUT2D eigenvalue weighted by atomic mass is 9.90. The average molecular weight is 208 g/mol. The lowest BCUT2D eigenvalue weighted by Gasteiger charge is -2.20. The van der Waals surface area contributed by atoms with Crippen LogP contribution in [0, 0.1) is 5.92 Å². The number of ether oxygens (including phenoxy) is 1. The van der Waals surface area contributed by atoms with Crippen LogP contribution in [0.25, 0.3) is 0 Å². The standard InChI is InChI=1S/C11H16N2O2/c1-11(2,9-5-6-12-13-9)10(14)15-7-8-3-4-8/h5-6,8H,3-4,7H2,1-2H3,(H,12,13). The minimum atomic E-state index is -0.634. The summed E-state index contributed by atoms with van der Waals surface area (Å²) in [5.74, 6) is 0.421. The van der Waals surface area contributed by atoms with Crippen LogP contribution in [0.15, 0.2) is 12.3 Å². The normalized spacial score (nSPS) is 16.4. The summed E-state index contributed by atoms with van der Waals surface area (Å²) in [6.45, 7) is 4.25. The highest BCUT2D eigenvalue weighted by molar-refractivity contribution is 5.81. The maximum absolute atomic E-state index is 11.8. The first-order valence-electron chi connectivity index (χ1n) is 5.28. The summed E-state index contributed by atoms with van der Waals surface area (Å²) in [5, 5.41) is 6.66. The number of carbonyl (C=O) groups is 1. The molecule has 1 aliphatic rings. The SMILES string of the molecule is CC(C)(C(=O)OCC1CC1)c1ccn[nH]1. The Labute approximate surface area is 89.0 Å². The van der Waals surface area contributed by atoms with Crippen LogP contribution in [0.2, 0.25) is 0 Å². The monoisotopic (exact) mass is 208 g/mol. The zero-order chi connectivity index (χ0) is 10.9. The molecule has 1 N–H and O–H groups in total. The smallest absolute Gasteiger partial charge is 0.317 e. The van der Waals surface area contributed by atoms with Gasteiger partial charge in [0.25, 0.3) is 0 Å². The number of aromatic nitrogens is 2. The van der Waals surface area contributed by atoms with Crippen molar-refractivity contribution >= 4 is 5.97 Å². The van der Waals surface area contributed by atoms with Crippen molar-refractivity contribution in [2.75, 3.05) is 6.61 Å². The van der Waals surface area contributed by atoms with E-state index in [1.54, 1.807) is 12.3 Å². The van der Waals surface area contributed by atoms with Crippen molar-refractivity contribution in [2.45, 2.75) is 32.1 Å². The van der Waals surface area contributed by atoms with Gasteiger partial charge in [-0.25, -0.2) is 0 Å². The second kappa shape index (κ2) is 3.68. The molecule has 82 valence electrons. The zero-order valence-electron chi connectivity index (χ0n) is 9.12. The van der Waals surface area contributed by atoms with Crippen LogP contribution >= 0.6 is 0 Å². The van der Waals surface area contributed by atoms with Gasteiger partial charge in [0.1, 0.15) is 5.41 Å². The Kier molecular flexibility index (Phi) is 2.50. The molecule has 0 amide bonds. The van der Waals surface area contributed by atoms with Gasteiger partial charge in [0.15, 0.2) is 0 Å². The van der Waals surface area contributed by atoms with Crippen LogP contribution in [0.3, 0.4) is 0 Å². The van der Waals surface area contributed by atoms with Crippen molar-refractivity contribution in [3.8, 4) is 0 Å². The molecule has 1 aromatic heterocycles. The van der Waals surface area contributed by atoms with E-state index in [1.807, 2.05) is 13.8 Å². The highest BCUT2D eigenvalue weighted by Gasteiger charge is 2.34. The van der Waals surface area contributed by atoms with Gasteiger partial charge in [-0.1, -0.05) is 0 Å². The first-order chi connectivity index (χ1) is 7.10. The summed E-state index contributed by atoms with van der Waals surface area (Å²) in [7, 11) is 0. The number of esters is 1. The Bertz CT molecular complexity index is 339. The average Bonchev–Trinajstić information content (AvgIpc) is 2.85. The number of carbonyl (C=O) groups excluding carboxylic acids is 1. The van der Waals surface area contributed by atoms with Crippen LogP contribution < -0.4 is 0 Å². The molecule has 15 heavy (non-hydrogen) atoms. The van der Waals surface area contributed by atoms with Crippen LogP contribution in [0.5, 0.6) is 0 Å². The quantitative estimate of drug-likeness (QED) is 0.765. The highest BCUT2D eigenvalue weighted by atomic mass is 16.5. The molecular weight excluding hydrogens is 192 g/mol. The summed E-state index contributed by atoms with van der Waals surface area (Å²) in [6, 6.07) is 1.80. The third-order valence-corrected chi connectivity index (χ3v) is 2.83. The van der Waals surface area contributed by atoms with Gasteiger partial charge in [-0.2, -0.15) is 5.10 Å². The van der Waals surface area contributed by atoms with Gasteiger partial charge in [-0.05, 0) is 38.7 Å². The summed E-state index contributed by atoms with van der Waals surface area (Å²) < 4.78 is 5.27. The number of hydrogen-bond donors (Lipinski definition) is 1. The molecule has 0 unspecified atom stereocenters. The molecule has 0 radical (unpaired) electrons. The highest BCUT2D eigenvalue weighted by Crippen LogP contribution is 2.30. The molecule has 1 fully saturated rings. The van der Waals surface area contributed by atoms with E-state index in [0.29, 0.717) is 12.5 Å². The van der Waals surface area contributed by atoms with Crippen molar-refractivity contribution in [1.29, 1.82) is 0 Å². The van der Waals surface area contributed by atoms with Crippen molar-refractivity contribution in [1.82, 2.24) is 10.2 Å². The molecule has 0 spiro atoms. The molecule has 1 aromatic rings. The molecule has 2 rings (SSSR count). The van der Waals surface area contributed by atoms with E-state index in [4.69, 9.17) is 4.74 Å². The van der Waals surface area contributed by atoms with E-state index >= 15 is 0 Å². The Morgan fingerprint density at radius 3 is 2.93 bits per heavy atom. The molecule has 0 aliphatic heterocycles. The predicted molar refractivity (Wildman–Crippen MR) is 55.3 cm³/mol.